The second-order valence-electron chi connectivity index (χ2n) is 0.680. The first-order valence-corrected chi connectivity index (χ1v) is 2.18. The molecule has 0 aliphatic carbocycles. The van der Waals surface area contributed by atoms with Gasteiger partial charge in [0.25, 0.3) is 0 Å². The predicted molar refractivity (Wildman–Crippen MR) is 21.7 cm³/mol. The van der Waals surface area contributed by atoms with Crippen LogP contribution >= 0.6 is 0 Å². The molecule has 0 N–H and O–H groups in total. The number of alkyl halides is 3. The van der Waals surface area contributed by atoms with Gasteiger partial charge in [0.1, 0.15) is 0 Å². The van der Waals surface area contributed by atoms with Crippen molar-refractivity contribution in [1.82, 2.24) is 0 Å². The molecule has 0 saturated heterocycles. The maximum absolute atomic E-state index is 10.6. The van der Waals surface area contributed by atoms with Crippen LogP contribution in [-0.2, 0) is 11.1 Å². The van der Waals surface area contributed by atoms with E-state index in [1.54, 1.807) is 0 Å². The fourth-order valence-electron chi connectivity index (χ4n) is 0. The minimum atomic E-state index is -5.08. The molecule has 0 aromatic carbocycles. The number of halogens is 3. The summed E-state index contributed by atoms with van der Waals surface area (Å²) < 4.78 is 49.5. The molecule has 0 rings (SSSR count). The molecule has 0 fully saturated rings. The van der Waals surface area contributed by atoms with E-state index in [9.17, 15) is 13.2 Å². The summed E-state index contributed by atoms with van der Waals surface area (Å²) in [5.41, 5.74) is -5.08. The van der Waals surface area contributed by atoms with Gasteiger partial charge in [0.05, 0.1) is 11.1 Å². The van der Waals surface area contributed by atoms with Gasteiger partial charge >= 0.3 is 35.1 Å². The summed E-state index contributed by atoms with van der Waals surface area (Å²) in [4.78, 5) is 0. The van der Waals surface area contributed by atoms with E-state index in [2.05, 4.69) is 0 Å². The Kier molecular flexibility index (Phi) is 10.4. The Morgan fingerprint density at radius 1 is 1.33 bits per heavy atom. The van der Waals surface area contributed by atoms with E-state index in [1.807, 2.05) is 0 Å². The van der Waals surface area contributed by atoms with Crippen LogP contribution in [0.3, 0.4) is 0 Å². The van der Waals surface area contributed by atoms with Gasteiger partial charge in [-0.2, -0.15) is 13.2 Å². The van der Waals surface area contributed by atoms with Crippen molar-refractivity contribution in [2.75, 3.05) is 0 Å². The summed E-state index contributed by atoms with van der Waals surface area (Å²) >= 11 is -3.93. The summed E-state index contributed by atoms with van der Waals surface area (Å²) in [6.45, 7) is 0. The fourth-order valence-corrected chi connectivity index (χ4v) is 0. The Labute approximate surface area is 75.4 Å². The van der Waals surface area contributed by atoms with Gasteiger partial charge in [-0.15, -0.1) is 0 Å². The van der Waals surface area contributed by atoms with Gasteiger partial charge in [-0.1, -0.05) is 7.43 Å². The van der Waals surface area contributed by atoms with E-state index in [0.29, 0.717) is 0 Å². The third kappa shape index (κ3) is 8.90. The van der Waals surface area contributed by atoms with Crippen LogP contribution in [0, 0.1) is 0 Å². The SMILES string of the molecule is C.O=S([O-])C(F)(F)F.[Na+]. The van der Waals surface area contributed by atoms with Crippen molar-refractivity contribution < 1.29 is 51.5 Å². The van der Waals surface area contributed by atoms with E-state index in [0.717, 1.165) is 0 Å². The molecule has 0 radical (unpaired) electrons. The Bertz CT molecular complexity index is 92.3. The largest absolute Gasteiger partial charge is 1.00 e. The zero-order valence-electron chi connectivity index (χ0n) is 3.86. The van der Waals surface area contributed by atoms with E-state index in [-0.39, 0.29) is 37.0 Å². The molecular formula is C2H4F3NaO2S. The summed E-state index contributed by atoms with van der Waals surface area (Å²) in [7, 11) is 0. The monoisotopic (exact) mass is 172 g/mol. The molecule has 52 valence electrons. The maximum atomic E-state index is 10.6. The minimum absolute atomic E-state index is 0. The van der Waals surface area contributed by atoms with E-state index < -0.39 is 16.6 Å². The topological polar surface area (TPSA) is 40.1 Å². The van der Waals surface area contributed by atoms with Crippen LogP contribution in [0.4, 0.5) is 13.2 Å². The molecule has 1 unspecified atom stereocenters. The third-order valence-corrected chi connectivity index (χ3v) is 0.567. The van der Waals surface area contributed by atoms with Crippen molar-refractivity contribution in [3.8, 4) is 0 Å². The molecule has 2 nitrogen and oxygen atoms in total. The van der Waals surface area contributed by atoms with Gasteiger partial charge in [-0.05, 0) is 0 Å². The summed E-state index contributed by atoms with van der Waals surface area (Å²) in [5.74, 6) is 0. The smallest absolute Gasteiger partial charge is 0.766 e. The van der Waals surface area contributed by atoms with Gasteiger partial charge < -0.3 is 4.55 Å². The van der Waals surface area contributed by atoms with Crippen molar-refractivity contribution >= 4 is 11.1 Å². The number of hydrogen-bond acceptors (Lipinski definition) is 2. The number of rotatable bonds is 0. The zero-order chi connectivity index (χ0) is 6.08. The second kappa shape index (κ2) is 5.67. The normalized spacial score (nSPS) is 12.9. The average molecular weight is 172 g/mol. The van der Waals surface area contributed by atoms with Crippen LogP contribution in [0.2, 0.25) is 0 Å². The van der Waals surface area contributed by atoms with Crippen molar-refractivity contribution in [2.45, 2.75) is 12.9 Å². The van der Waals surface area contributed by atoms with Crippen molar-refractivity contribution in [2.24, 2.45) is 0 Å². The summed E-state index contributed by atoms with van der Waals surface area (Å²) in [5, 5.41) is 0. The van der Waals surface area contributed by atoms with E-state index in [4.69, 9.17) is 8.76 Å². The molecule has 0 bridgehead atoms. The van der Waals surface area contributed by atoms with Crippen LogP contribution in [0.15, 0.2) is 0 Å². The molecule has 0 saturated carbocycles. The van der Waals surface area contributed by atoms with E-state index in [1.165, 1.54) is 0 Å². The van der Waals surface area contributed by atoms with Gasteiger partial charge in [-0.3, -0.25) is 4.21 Å². The van der Waals surface area contributed by atoms with Gasteiger partial charge in [0.15, 0.2) is 0 Å². The summed E-state index contributed by atoms with van der Waals surface area (Å²) in [6.07, 6.45) is 0. The molecule has 7 heteroatoms. The first-order valence-electron chi connectivity index (χ1n) is 1.10. The Morgan fingerprint density at radius 2 is 1.44 bits per heavy atom. The average Bonchev–Trinajstić information content (AvgIpc) is 1.31. The molecule has 0 heterocycles. The van der Waals surface area contributed by atoms with Crippen molar-refractivity contribution in [1.29, 1.82) is 0 Å². The fraction of sp³-hybridized carbons (Fsp3) is 1.00. The van der Waals surface area contributed by atoms with Gasteiger partial charge in [0, 0.05) is 0 Å². The van der Waals surface area contributed by atoms with Crippen LogP contribution in [-0.4, -0.2) is 14.3 Å². The second-order valence-corrected chi connectivity index (χ2v) is 1.61. The van der Waals surface area contributed by atoms with Crippen molar-refractivity contribution in [3.05, 3.63) is 0 Å². The molecule has 0 amide bonds. The standard InChI is InChI=1S/CHF3O2S.CH4.Na/c2-1(3,4)7(5)6;;/h(H,5,6);1H4;/q;;+1/p-1. The predicted octanol–water partition coefficient (Wildman–Crippen LogP) is -1.97. The zero-order valence-corrected chi connectivity index (χ0v) is 6.68. The quantitative estimate of drug-likeness (QED) is 0.314. The number of hydrogen-bond donors (Lipinski definition) is 0. The molecule has 9 heavy (non-hydrogen) atoms. The van der Waals surface area contributed by atoms with Crippen LogP contribution in [0.25, 0.3) is 0 Å². The first kappa shape index (κ1) is 16.5. The minimum Gasteiger partial charge on any atom is -0.766 e. The molecule has 1 atom stereocenters. The van der Waals surface area contributed by atoms with Gasteiger partial charge in [0.2, 0.25) is 0 Å². The van der Waals surface area contributed by atoms with Crippen LogP contribution in [0.1, 0.15) is 7.43 Å². The van der Waals surface area contributed by atoms with Crippen molar-refractivity contribution in [3.63, 3.8) is 0 Å². The Morgan fingerprint density at radius 3 is 1.44 bits per heavy atom. The molecule has 0 aromatic rings. The first-order chi connectivity index (χ1) is 2.94. The molecule has 0 aliphatic rings. The maximum Gasteiger partial charge on any atom is 1.00 e. The summed E-state index contributed by atoms with van der Waals surface area (Å²) in [6, 6.07) is 0. The van der Waals surface area contributed by atoms with Gasteiger partial charge in [-0.25, -0.2) is 0 Å². The van der Waals surface area contributed by atoms with Crippen LogP contribution < -0.4 is 29.6 Å². The molecular weight excluding hydrogens is 168 g/mol. The Hall–Kier alpha value is 0.900. The molecule has 0 spiro atoms. The third-order valence-electron chi connectivity index (χ3n) is 0.189. The Balaban J connectivity index is -0.000000180. The molecule has 0 aromatic heterocycles. The van der Waals surface area contributed by atoms with Crippen LogP contribution in [0.5, 0.6) is 0 Å². The van der Waals surface area contributed by atoms with E-state index >= 15 is 0 Å². The molecule has 0 aliphatic heterocycles.